The smallest absolute Gasteiger partial charge is 0.462 e. The lowest BCUT2D eigenvalue weighted by Crippen LogP contribution is -2.64. The van der Waals surface area contributed by atoms with E-state index in [0.29, 0.717) is 19.3 Å². The molecule has 0 aromatic carbocycles. The molecule has 0 aliphatic heterocycles. The average Bonchev–Trinajstić information content (AvgIpc) is 3.22. The molecule has 0 bridgehead atoms. The third-order valence-electron chi connectivity index (χ3n) is 10.2. The van der Waals surface area contributed by atoms with E-state index in [0.717, 1.165) is 77.0 Å². The van der Waals surface area contributed by atoms with Crippen LogP contribution in [0.1, 0.15) is 162 Å². The molecule has 4 unspecified atom stereocenters. The summed E-state index contributed by atoms with van der Waals surface area (Å²) in [7, 11) is -5.14. The topological polar surface area (TPSA) is 230 Å². The SMILES string of the molecule is CC/C=C/CC(O)/C=C/C=C/CCCCCCCC(=O)OC[C@H](COP(=O)(O)OC1[C@H](O)[C@H](O)C(O)[C@H](O)[C@H]1O)OC(=O)CCCCCCC/C=C\CCCCCCCC. The standard InChI is InChI=1S/C45H79O14P/c1-3-5-7-8-9-10-11-12-13-14-15-18-22-25-29-33-39(48)58-37(35-57-60(54,55)59-45-43(52)41(50)40(49)42(51)44(45)53)34-56-38(47)32-28-24-21-19-16-17-20-23-27-31-36(46)30-26-6-4-2/h6,12-13,20,23,26-27,31,36-37,40-46,49-53H,3-5,7-11,14-19,21-22,24-25,28-30,32-35H2,1-2H3,(H,54,55)/b13-12-,23-20+,26-6+,31-27+/t36?,37-,40?,41-,42+,43-,44-,45?/m1/s1. The highest BCUT2D eigenvalue weighted by atomic mass is 31.2. The maximum Gasteiger partial charge on any atom is 0.472 e. The van der Waals surface area contributed by atoms with Gasteiger partial charge in [0, 0.05) is 12.8 Å². The molecule has 1 saturated carbocycles. The molecular formula is C45H79O14P. The van der Waals surface area contributed by atoms with Crippen LogP contribution in [-0.4, -0.2) is 110 Å². The van der Waals surface area contributed by atoms with Gasteiger partial charge in [-0.1, -0.05) is 133 Å². The summed E-state index contributed by atoms with van der Waals surface area (Å²) in [6, 6.07) is 0. The molecule has 0 spiro atoms. The Morgan fingerprint density at radius 2 is 1.10 bits per heavy atom. The maximum atomic E-state index is 12.8. The molecule has 0 heterocycles. The van der Waals surface area contributed by atoms with Gasteiger partial charge in [0.25, 0.3) is 0 Å². The first-order valence-electron chi connectivity index (χ1n) is 22.5. The molecule has 0 radical (unpaired) electrons. The average molecular weight is 875 g/mol. The molecule has 1 rings (SSSR count). The van der Waals surface area contributed by atoms with E-state index >= 15 is 0 Å². The van der Waals surface area contributed by atoms with Gasteiger partial charge in [-0.3, -0.25) is 18.6 Å². The van der Waals surface area contributed by atoms with E-state index in [1.54, 1.807) is 6.08 Å². The number of carbonyl (C=O) groups is 2. The molecule has 0 aromatic rings. The third kappa shape index (κ3) is 27.7. The molecule has 15 heteroatoms. The monoisotopic (exact) mass is 875 g/mol. The van der Waals surface area contributed by atoms with Crippen LogP contribution in [0.2, 0.25) is 0 Å². The molecule has 1 fully saturated rings. The van der Waals surface area contributed by atoms with Crippen molar-refractivity contribution in [2.24, 2.45) is 0 Å². The summed E-state index contributed by atoms with van der Waals surface area (Å²) in [6.07, 6.45) is 23.5. The lowest BCUT2D eigenvalue weighted by atomic mass is 9.85. The van der Waals surface area contributed by atoms with Gasteiger partial charge in [-0.05, 0) is 64.2 Å². The van der Waals surface area contributed by atoms with Crippen molar-refractivity contribution >= 4 is 19.8 Å². The fourth-order valence-electron chi connectivity index (χ4n) is 6.55. The Balaban J connectivity index is 2.51. The van der Waals surface area contributed by atoms with Gasteiger partial charge in [-0.25, -0.2) is 4.57 Å². The van der Waals surface area contributed by atoms with E-state index in [9.17, 15) is 49.7 Å². The number of aliphatic hydroxyl groups is 6. The first kappa shape index (κ1) is 55.8. The zero-order chi connectivity index (χ0) is 44.4. The van der Waals surface area contributed by atoms with Crippen molar-refractivity contribution < 1.29 is 68.2 Å². The summed E-state index contributed by atoms with van der Waals surface area (Å²) < 4.78 is 33.4. The second-order valence-electron chi connectivity index (χ2n) is 15.7. The second kappa shape index (κ2) is 35.3. The van der Waals surface area contributed by atoms with Crippen molar-refractivity contribution in [3.8, 4) is 0 Å². The minimum atomic E-state index is -5.14. The highest BCUT2D eigenvalue weighted by Crippen LogP contribution is 2.47. The van der Waals surface area contributed by atoms with Gasteiger partial charge in [0.15, 0.2) is 6.10 Å². The molecule has 14 nitrogen and oxygen atoms in total. The molecule has 0 saturated heterocycles. The number of allylic oxidation sites excluding steroid dienone is 6. The van der Waals surface area contributed by atoms with Gasteiger partial charge < -0.3 is 45.0 Å². The van der Waals surface area contributed by atoms with Gasteiger partial charge in [-0.2, -0.15) is 0 Å². The van der Waals surface area contributed by atoms with Crippen LogP contribution in [0.4, 0.5) is 0 Å². The van der Waals surface area contributed by atoms with Gasteiger partial charge in [0.05, 0.1) is 12.7 Å². The summed E-state index contributed by atoms with van der Waals surface area (Å²) in [4.78, 5) is 35.7. The fourth-order valence-corrected chi connectivity index (χ4v) is 7.52. The molecule has 0 aromatic heterocycles. The van der Waals surface area contributed by atoms with E-state index in [2.05, 4.69) is 25.2 Å². The number of phosphoric ester groups is 1. The van der Waals surface area contributed by atoms with E-state index in [4.69, 9.17) is 18.5 Å². The van der Waals surface area contributed by atoms with Crippen molar-refractivity contribution in [3.05, 3.63) is 48.6 Å². The molecular weight excluding hydrogens is 795 g/mol. The number of esters is 2. The summed E-state index contributed by atoms with van der Waals surface area (Å²) in [6.45, 7) is 3.04. The number of aliphatic hydroxyl groups excluding tert-OH is 6. The van der Waals surface area contributed by atoms with Crippen LogP contribution < -0.4 is 0 Å². The Morgan fingerprint density at radius 1 is 0.600 bits per heavy atom. The van der Waals surface area contributed by atoms with Crippen LogP contribution in [0.15, 0.2) is 48.6 Å². The van der Waals surface area contributed by atoms with Crippen molar-refractivity contribution in [2.45, 2.75) is 210 Å². The Hall–Kier alpha value is -2.23. The van der Waals surface area contributed by atoms with Crippen LogP contribution in [0.3, 0.4) is 0 Å². The van der Waals surface area contributed by atoms with Gasteiger partial charge in [0.1, 0.15) is 43.2 Å². The number of phosphoric acid groups is 1. The summed E-state index contributed by atoms with van der Waals surface area (Å²) in [5.74, 6) is -1.17. The van der Waals surface area contributed by atoms with Crippen LogP contribution >= 0.6 is 7.82 Å². The summed E-state index contributed by atoms with van der Waals surface area (Å²) in [5, 5.41) is 60.0. The minimum Gasteiger partial charge on any atom is -0.462 e. The first-order valence-corrected chi connectivity index (χ1v) is 24.0. The largest absolute Gasteiger partial charge is 0.472 e. The van der Waals surface area contributed by atoms with E-state index < -0.39 is 81.8 Å². The Labute approximate surface area is 359 Å². The molecule has 1 aliphatic rings. The lowest BCUT2D eigenvalue weighted by molar-refractivity contribution is -0.220. The van der Waals surface area contributed by atoms with Crippen LogP contribution in [0.5, 0.6) is 0 Å². The van der Waals surface area contributed by atoms with Crippen molar-refractivity contribution in [1.82, 2.24) is 0 Å². The van der Waals surface area contributed by atoms with Crippen LogP contribution in [-0.2, 0) is 32.7 Å². The van der Waals surface area contributed by atoms with Crippen molar-refractivity contribution in [1.29, 1.82) is 0 Å². The van der Waals surface area contributed by atoms with Gasteiger partial charge in [0.2, 0.25) is 0 Å². The highest BCUT2D eigenvalue weighted by Gasteiger charge is 2.51. The number of rotatable bonds is 36. The number of hydrogen-bond acceptors (Lipinski definition) is 13. The zero-order valence-electron chi connectivity index (χ0n) is 36.4. The Morgan fingerprint density at radius 3 is 1.67 bits per heavy atom. The lowest BCUT2D eigenvalue weighted by Gasteiger charge is -2.41. The highest BCUT2D eigenvalue weighted by molar-refractivity contribution is 7.47. The van der Waals surface area contributed by atoms with E-state index in [-0.39, 0.29) is 12.8 Å². The zero-order valence-corrected chi connectivity index (χ0v) is 37.2. The Kier molecular flexibility index (Phi) is 32.8. The number of ether oxygens (including phenoxy) is 2. The molecule has 9 atom stereocenters. The number of unbranched alkanes of at least 4 members (excludes halogenated alkanes) is 16. The van der Waals surface area contributed by atoms with Crippen molar-refractivity contribution in [3.63, 3.8) is 0 Å². The van der Waals surface area contributed by atoms with Crippen LogP contribution in [0.25, 0.3) is 0 Å². The number of hydrogen-bond donors (Lipinski definition) is 7. The first-order chi connectivity index (χ1) is 28.8. The number of carbonyl (C=O) groups excluding carboxylic acids is 2. The molecule has 348 valence electrons. The third-order valence-corrected chi connectivity index (χ3v) is 11.2. The predicted octanol–water partition coefficient (Wildman–Crippen LogP) is 7.36. The molecule has 1 aliphatic carbocycles. The Bertz CT molecular complexity index is 1260. The summed E-state index contributed by atoms with van der Waals surface area (Å²) in [5.41, 5.74) is 0. The summed E-state index contributed by atoms with van der Waals surface area (Å²) >= 11 is 0. The van der Waals surface area contributed by atoms with Gasteiger partial charge >= 0.3 is 19.8 Å². The van der Waals surface area contributed by atoms with Crippen molar-refractivity contribution in [2.75, 3.05) is 13.2 Å². The van der Waals surface area contributed by atoms with Gasteiger partial charge in [-0.15, -0.1) is 0 Å². The van der Waals surface area contributed by atoms with E-state index in [1.165, 1.54) is 38.5 Å². The predicted molar refractivity (Wildman–Crippen MR) is 232 cm³/mol. The second-order valence-corrected chi connectivity index (χ2v) is 17.1. The maximum absolute atomic E-state index is 12.8. The quantitative estimate of drug-likeness (QED) is 0.0107. The molecule has 0 amide bonds. The molecule has 7 N–H and O–H groups in total. The van der Waals surface area contributed by atoms with Crippen LogP contribution in [0, 0.1) is 0 Å². The normalized spacial score (nSPS) is 23.1. The fraction of sp³-hybridized carbons (Fsp3) is 0.778. The van der Waals surface area contributed by atoms with E-state index in [1.807, 2.05) is 31.2 Å². The molecule has 60 heavy (non-hydrogen) atoms. The minimum absolute atomic E-state index is 0.0704.